The number of fused-ring (bicyclic) bond motifs is 2. The predicted octanol–water partition coefficient (Wildman–Crippen LogP) is 3.16. The van der Waals surface area contributed by atoms with Gasteiger partial charge in [-0.05, 0) is 36.0 Å². The molecule has 5 heteroatoms. The first-order valence-electron chi connectivity index (χ1n) is 7.35. The number of carbonyl (C=O) groups is 1. The molecule has 1 aromatic rings. The molecule has 2 saturated carbocycles. The summed E-state index contributed by atoms with van der Waals surface area (Å²) < 4.78 is 0. The Bertz CT molecular complexity index is 499. The van der Waals surface area contributed by atoms with Gasteiger partial charge in [-0.25, -0.2) is 9.78 Å². The number of hydrogen-bond acceptors (Lipinski definition) is 3. The van der Waals surface area contributed by atoms with E-state index < -0.39 is 0 Å². The summed E-state index contributed by atoms with van der Waals surface area (Å²) in [5, 5.41) is 8.07. The number of hydrogen-bond donors (Lipinski definition) is 2. The van der Waals surface area contributed by atoms with Crippen molar-refractivity contribution in [2.75, 3.05) is 0 Å². The van der Waals surface area contributed by atoms with Gasteiger partial charge in [0, 0.05) is 11.4 Å². The molecule has 1 aromatic heterocycles. The van der Waals surface area contributed by atoms with Gasteiger partial charge < -0.3 is 10.6 Å². The molecule has 0 aliphatic heterocycles. The fraction of sp³-hybridized carbons (Fsp3) is 0.733. The lowest BCUT2D eigenvalue weighted by atomic mass is 9.69. The first-order chi connectivity index (χ1) is 9.43. The third-order valence-corrected chi connectivity index (χ3v) is 6.65. The Kier molecular flexibility index (Phi) is 3.27. The SMILES string of the molecule is CC1(C)[C@@H]2CC[C@@]1(C)[C@@H](NC(=O)NCc1cscn1)C2. The van der Waals surface area contributed by atoms with Crippen LogP contribution in [0.4, 0.5) is 4.79 Å². The van der Waals surface area contributed by atoms with Crippen LogP contribution in [0.5, 0.6) is 0 Å². The van der Waals surface area contributed by atoms with E-state index in [1.807, 2.05) is 5.38 Å². The topological polar surface area (TPSA) is 54.0 Å². The van der Waals surface area contributed by atoms with E-state index in [1.165, 1.54) is 12.8 Å². The molecular formula is C15H23N3OS. The molecule has 4 nitrogen and oxygen atoms in total. The monoisotopic (exact) mass is 293 g/mol. The lowest BCUT2D eigenvalue weighted by Crippen LogP contribution is -2.50. The summed E-state index contributed by atoms with van der Waals surface area (Å²) in [6.45, 7) is 7.57. The summed E-state index contributed by atoms with van der Waals surface area (Å²) in [4.78, 5) is 16.2. The van der Waals surface area contributed by atoms with Crippen molar-refractivity contribution in [3.05, 3.63) is 16.6 Å². The predicted molar refractivity (Wildman–Crippen MR) is 80.5 cm³/mol. The first-order valence-corrected chi connectivity index (χ1v) is 8.29. The first kappa shape index (κ1) is 13.9. The van der Waals surface area contributed by atoms with Gasteiger partial charge in [0.05, 0.1) is 17.7 Å². The molecule has 2 aliphatic carbocycles. The molecule has 0 aromatic carbocycles. The third kappa shape index (κ3) is 2.03. The minimum absolute atomic E-state index is 0.0624. The molecule has 1 heterocycles. The van der Waals surface area contributed by atoms with Crippen molar-refractivity contribution >= 4 is 17.4 Å². The average Bonchev–Trinajstić information content (AvgIpc) is 3.02. The second-order valence-electron chi connectivity index (χ2n) is 6.97. The summed E-state index contributed by atoms with van der Waals surface area (Å²) in [5.41, 5.74) is 3.27. The van der Waals surface area contributed by atoms with Crippen molar-refractivity contribution < 1.29 is 4.79 Å². The molecule has 2 fully saturated rings. The highest BCUT2D eigenvalue weighted by Crippen LogP contribution is 2.65. The van der Waals surface area contributed by atoms with Gasteiger partial charge in [-0.1, -0.05) is 20.8 Å². The maximum atomic E-state index is 12.1. The summed E-state index contributed by atoms with van der Waals surface area (Å²) in [6, 6.07) is 0.235. The maximum absolute atomic E-state index is 12.1. The Labute approximate surface area is 124 Å². The molecule has 0 spiro atoms. The van der Waals surface area contributed by atoms with Crippen LogP contribution in [0, 0.1) is 16.7 Å². The maximum Gasteiger partial charge on any atom is 0.315 e. The van der Waals surface area contributed by atoms with E-state index >= 15 is 0 Å². The molecular weight excluding hydrogens is 270 g/mol. The molecule has 3 atom stereocenters. The van der Waals surface area contributed by atoms with Gasteiger partial charge in [0.15, 0.2) is 0 Å². The van der Waals surface area contributed by atoms with E-state index in [9.17, 15) is 4.79 Å². The number of nitrogens with zero attached hydrogens (tertiary/aromatic N) is 1. The van der Waals surface area contributed by atoms with Crippen molar-refractivity contribution in [1.29, 1.82) is 0 Å². The Morgan fingerprint density at radius 2 is 2.30 bits per heavy atom. The smallest absolute Gasteiger partial charge is 0.315 e. The van der Waals surface area contributed by atoms with Crippen LogP contribution in [0.25, 0.3) is 0 Å². The molecule has 110 valence electrons. The molecule has 3 rings (SSSR count). The van der Waals surface area contributed by atoms with E-state index in [2.05, 4.69) is 36.4 Å². The highest BCUT2D eigenvalue weighted by molar-refractivity contribution is 7.07. The van der Waals surface area contributed by atoms with Gasteiger partial charge in [0.1, 0.15) is 0 Å². The highest BCUT2D eigenvalue weighted by atomic mass is 32.1. The highest BCUT2D eigenvalue weighted by Gasteiger charge is 2.61. The molecule has 0 saturated heterocycles. The molecule has 2 bridgehead atoms. The van der Waals surface area contributed by atoms with Crippen LogP contribution in [0.2, 0.25) is 0 Å². The molecule has 2 N–H and O–H groups in total. The summed E-state index contributed by atoms with van der Waals surface area (Å²) in [7, 11) is 0. The van der Waals surface area contributed by atoms with Crippen molar-refractivity contribution in [2.45, 2.75) is 52.6 Å². The van der Waals surface area contributed by atoms with Crippen LogP contribution < -0.4 is 10.6 Å². The fourth-order valence-corrected chi connectivity index (χ4v) is 4.69. The molecule has 2 aliphatic rings. The third-order valence-electron chi connectivity index (χ3n) is 6.01. The van der Waals surface area contributed by atoms with E-state index in [0.717, 1.165) is 18.0 Å². The largest absolute Gasteiger partial charge is 0.335 e. The van der Waals surface area contributed by atoms with E-state index in [0.29, 0.717) is 18.0 Å². The average molecular weight is 293 g/mol. The number of carbonyl (C=O) groups excluding carboxylic acids is 1. The van der Waals surface area contributed by atoms with Crippen molar-refractivity contribution in [2.24, 2.45) is 16.7 Å². The number of aromatic nitrogens is 1. The quantitative estimate of drug-likeness (QED) is 0.899. The molecule has 0 radical (unpaired) electrons. The Morgan fingerprint density at radius 1 is 1.50 bits per heavy atom. The minimum atomic E-state index is -0.0624. The van der Waals surface area contributed by atoms with Gasteiger partial charge >= 0.3 is 6.03 Å². The lowest BCUT2D eigenvalue weighted by molar-refractivity contribution is 0.123. The molecule has 0 unspecified atom stereocenters. The van der Waals surface area contributed by atoms with E-state index in [4.69, 9.17) is 0 Å². The lowest BCUT2D eigenvalue weighted by Gasteiger charge is -2.39. The van der Waals surface area contributed by atoms with Crippen molar-refractivity contribution in [3.8, 4) is 0 Å². The number of rotatable bonds is 3. The van der Waals surface area contributed by atoms with Crippen LogP contribution >= 0.6 is 11.3 Å². The summed E-state index contributed by atoms with van der Waals surface area (Å²) in [5.74, 6) is 0.747. The Hall–Kier alpha value is -1.10. The van der Waals surface area contributed by atoms with Crippen LogP contribution in [-0.2, 0) is 6.54 Å². The van der Waals surface area contributed by atoms with Crippen LogP contribution in [0.15, 0.2) is 10.9 Å². The zero-order chi connectivity index (χ0) is 14.4. The van der Waals surface area contributed by atoms with Crippen molar-refractivity contribution in [3.63, 3.8) is 0 Å². The molecule has 2 amide bonds. The standard InChI is InChI=1S/C15H23N3OS/c1-14(2)10-4-5-15(14,3)12(6-10)18-13(19)16-7-11-8-20-9-17-11/h8-10,12H,4-7H2,1-3H3,(H2,16,18,19)/t10-,12+,15+/m1/s1. The number of urea groups is 1. The van der Waals surface area contributed by atoms with Crippen LogP contribution in [-0.4, -0.2) is 17.1 Å². The normalized spacial score (nSPS) is 34.1. The van der Waals surface area contributed by atoms with Gasteiger partial charge in [0.25, 0.3) is 0 Å². The second-order valence-corrected chi connectivity index (χ2v) is 7.69. The van der Waals surface area contributed by atoms with Crippen molar-refractivity contribution in [1.82, 2.24) is 15.6 Å². The van der Waals surface area contributed by atoms with Gasteiger partial charge in [-0.2, -0.15) is 0 Å². The van der Waals surface area contributed by atoms with E-state index in [1.54, 1.807) is 16.8 Å². The number of thiazole rings is 1. The summed E-state index contributed by atoms with van der Waals surface area (Å²) in [6.07, 6.45) is 3.65. The minimum Gasteiger partial charge on any atom is -0.335 e. The number of nitrogens with one attached hydrogen (secondary N) is 2. The zero-order valence-electron chi connectivity index (χ0n) is 12.4. The molecule has 20 heavy (non-hydrogen) atoms. The van der Waals surface area contributed by atoms with Crippen LogP contribution in [0.3, 0.4) is 0 Å². The number of amides is 2. The van der Waals surface area contributed by atoms with Crippen LogP contribution in [0.1, 0.15) is 45.7 Å². The van der Waals surface area contributed by atoms with Gasteiger partial charge in [-0.3, -0.25) is 0 Å². The summed E-state index contributed by atoms with van der Waals surface area (Å²) >= 11 is 1.55. The Morgan fingerprint density at radius 3 is 2.85 bits per heavy atom. The Balaban J connectivity index is 1.58. The van der Waals surface area contributed by atoms with Gasteiger partial charge in [-0.15, -0.1) is 11.3 Å². The second kappa shape index (κ2) is 4.72. The van der Waals surface area contributed by atoms with Gasteiger partial charge in [0.2, 0.25) is 0 Å². The zero-order valence-corrected chi connectivity index (χ0v) is 13.2. The fourth-order valence-electron chi connectivity index (χ4n) is 4.13. The van der Waals surface area contributed by atoms with E-state index in [-0.39, 0.29) is 11.4 Å².